The third-order valence-corrected chi connectivity index (χ3v) is 1.35. The molecule has 11 heavy (non-hydrogen) atoms. The van der Waals surface area contributed by atoms with Crippen LogP contribution < -0.4 is 10.5 Å². The van der Waals surface area contributed by atoms with Crippen LogP contribution in [-0.4, -0.2) is 6.61 Å². The van der Waals surface area contributed by atoms with Crippen LogP contribution in [0, 0.1) is 0 Å². The topological polar surface area (TPSA) is 35.2 Å². The van der Waals surface area contributed by atoms with Gasteiger partial charge in [0.15, 0.2) is 0 Å². The quantitative estimate of drug-likeness (QED) is 0.671. The second-order valence-corrected chi connectivity index (χ2v) is 2.42. The summed E-state index contributed by atoms with van der Waals surface area (Å²) in [6.45, 7) is 2.85. The van der Waals surface area contributed by atoms with Crippen molar-refractivity contribution in [1.82, 2.24) is 0 Å². The van der Waals surface area contributed by atoms with Crippen LogP contribution in [0.3, 0.4) is 0 Å². The largest absolute Gasteiger partial charge is 0.494 e. The molecule has 0 saturated carbocycles. The Morgan fingerprint density at radius 1 is 1.27 bits per heavy atom. The van der Waals surface area contributed by atoms with Gasteiger partial charge in [-0.3, -0.25) is 0 Å². The number of nitrogens with two attached hydrogens (primary N) is 1. The van der Waals surface area contributed by atoms with E-state index in [-0.39, 0.29) is 0 Å². The Balaban J connectivity index is 2.52. The molecule has 0 bridgehead atoms. The van der Waals surface area contributed by atoms with Gasteiger partial charge in [0.2, 0.25) is 0 Å². The number of ether oxygens (including phenoxy) is 1. The molecule has 1 aromatic rings. The van der Waals surface area contributed by atoms with Crippen molar-refractivity contribution >= 4 is 5.69 Å². The van der Waals surface area contributed by atoms with Gasteiger partial charge in [0.1, 0.15) is 5.75 Å². The minimum absolute atomic E-state index is 0.768. The molecule has 0 unspecified atom stereocenters. The van der Waals surface area contributed by atoms with Gasteiger partial charge in [0.25, 0.3) is 0 Å². The van der Waals surface area contributed by atoms with Gasteiger partial charge in [-0.1, -0.05) is 6.92 Å². The fraction of sp³-hybridized carbons (Fsp3) is 0.333. The summed E-state index contributed by atoms with van der Waals surface area (Å²) in [7, 11) is 0. The molecule has 0 amide bonds. The van der Waals surface area contributed by atoms with Crippen molar-refractivity contribution in [2.75, 3.05) is 12.3 Å². The highest BCUT2D eigenvalue weighted by Gasteiger charge is 1.90. The van der Waals surface area contributed by atoms with Crippen molar-refractivity contribution in [2.45, 2.75) is 13.3 Å². The monoisotopic (exact) mass is 151 g/mol. The minimum Gasteiger partial charge on any atom is -0.494 e. The standard InChI is InChI=1S/C9H13NO/c1-2-7-11-9-5-3-8(10)4-6-9/h3-6H,2,7,10H2,1H3. The Bertz CT molecular complexity index is 205. The van der Waals surface area contributed by atoms with Crippen LogP contribution in [-0.2, 0) is 0 Å². The van der Waals surface area contributed by atoms with Gasteiger partial charge in [-0.15, -0.1) is 0 Å². The molecule has 0 atom stereocenters. The third kappa shape index (κ3) is 2.50. The van der Waals surface area contributed by atoms with Gasteiger partial charge in [-0.2, -0.15) is 0 Å². The van der Waals surface area contributed by atoms with E-state index in [0.29, 0.717) is 0 Å². The molecule has 1 aromatic carbocycles. The maximum absolute atomic E-state index is 5.50. The number of hydrogen-bond acceptors (Lipinski definition) is 2. The zero-order valence-electron chi connectivity index (χ0n) is 6.71. The highest BCUT2D eigenvalue weighted by atomic mass is 16.5. The maximum atomic E-state index is 5.50. The van der Waals surface area contributed by atoms with Gasteiger partial charge < -0.3 is 10.5 Å². The average molecular weight is 151 g/mol. The minimum atomic E-state index is 0.768. The Morgan fingerprint density at radius 2 is 1.91 bits per heavy atom. The van der Waals surface area contributed by atoms with Crippen molar-refractivity contribution in [3.63, 3.8) is 0 Å². The van der Waals surface area contributed by atoms with Gasteiger partial charge in [0.05, 0.1) is 6.61 Å². The molecular formula is C9H13NO. The molecule has 0 aliphatic rings. The molecule has 2 N–H and O–H groups in total. The van der Waals surface area contributed by atoms with E-state index < -0.39 is 0 Å². The van der Waals surface area contributed by atoms with Crippen molar-refractivity contribution in [2.24, 2.45) is 0 Å². The highest BCUT2D eigenvalue weighted by molar-refractivity contribution is 5.41. The first-order chi connectivity index (χ1) is 5.33. The van der Waals surface area contributed by atoms with Crippen LogP contribution in [0.25, 0.3) is 0 Å². The molecule has 0 aliphatic carbocycles. The molecular weight excluding hydrogens is 138 g/mol. The summed E-state index contributed by atoms with van der Waals surface area (Å²) >= 11 is 0. The molecule has 0 aromatic heterocycles. The normalized spacial score (nSPS) is 9.55. The van der Waals surface area contributed by atoms with Crippen LogP contribution >= 0.6 is 0 Å². The Kier molecular flexibility index (Phi) is 2.78. The highest BCUT2D eigenvalue weighted by Crippen LogP contribution is 2.12. The number of anilines is 1. The Morgan fingerprint density at radius 3 is 2.45 bits per heavy atom. The first kappa shape index (κ1) is 7.92. The van der Waals surface area contributed by atoms with Gasteiger partial charge in [-0.25, -0.2) is 0 Å². The molecule has 0 saturated heterocycles. The predicted octanol–water partition coefficient (Wildman–Crippen LogP) is 2.06. The Hall–Kier alpha value is -1.18. The second-order valence-electron chi connectivity index (χ2n) is 2.42. The summed E-state index contributed by atoms with van der Waals surface area (Å²) in [6, 6.07) is 7.44. The number of rotatable bonds is 3. The molecule has 60 valence electrons. The van der Waals surface area contributed by atoms with Crippen LogP contribution in [0.2, 0.25) is 0 Å². The number of nitrogen functional groups attached to an aromatic ring is 1. The molecule has 1 rings (SSSR count). The van der Waals surface area contributed by atoms with Gasteiger partial charge in [-0.05, 0) is 30.7 Å². The zero-order chi connectivity index (χ0) is 8.10. The van der Waals surface area contributed by atoms with E-state index in [2.05, 4.69) is 6.92 Å². The van der Waals surface area contributed by atoms with E-state index >= 15 is 0 Å². The van der Waals surface area contributed by atoms with Gasteiger partial charge in [0, 0.05) is 5.69 Å². The van der Waals surface area contributed by atoms with E-state index in [1.54, 1.807) is 0 Å². The van der Waals surface area contributed by atoms with Crippen molar-refractivity contribution in [3.8, 4) is 5.75 Å². The average Bonchev–Trinajstić information content (AvgIpc) is 2.04. The second kappa shape index (κ2) is 3.86. The molecule has 2 heteroatoms. The molecule has 0 heterocycles. The number of benzene rings is 1. The summed E-state index contributed by atoms with van der Waals surface area (Å²) in [6.07, 6.45) is 1.03. The summed E-state index contributed by atoms with van der Waals surface area (Å²) < 4.78 is 5.35. The summed E-state index contributed by atoms with van der Waals surface area (Å²) in [5.41, 5.74) is 6.27. The van der Waals surface area contributed by atoms with Crippen LogP contribution in [0.4, 0.5) is 5.69 Å². The lowest BCUT2D eigenvalue weighted by Crippen LogP contribution is -1.94. The lowest BCUT2D eigenvalue weighted by molar-refractivity contribution is 0.317. The molecule has 2 nitrogen and oxygen atoms in total. The van der Waals surface area contributed by atoms with Crippen molar-refractivity contribution in [1.29, 1.82) is 0 Å². The summed E-state index contributed by atoms with van der Waals surface area (Å²) in [5, 5.41) is 0. The molecule has 0 aliphatic heterocycles. The van der Waals surface area contributed by atoms with Crippen molar-refractivity contribution in [3.05, 3.63) is 24.3 Å². The predicted molar refractivity (Wildman–Crippen MR) is 46.6 cm³/mol. The molecule has 0 spiro atoms. The maximum Gasteiger partial charge on any atom is 0.119 e. The van der Waals surface area contributed by atoms with E-state index in [4.69, 9.17) is 10.5 Å². The lowest BCUT2D eigenvalue weighted by atomic mass is 10.3. The Labute approximate surface area is 67.0 Å². The van der Waals surface area contributed by atoms with Crippen LogP contribution in [0.5, 0.6) is 5.75 Å². The first-order valence-electron chi connectivity index (χ1n) is 3.81. The van der Waals surface area contributed by atoms with E-state index in [9.17, 15) is 0 Å². The summed E-state index contributed by atoms with van der Waals surface area (Å²) in [5.74, 6) is 0.890. The SMILES string of the molecule is CCCOc1ccc(N)cc1. The lowest BCUT2D eigenvalue weighted by Gasteiger charge is -2.03. The molecule has 0 radical (unpaired) electrons. The smallest absolute Gasteiger partial charge is 0.119 e. The third-order valence-electron chi connectivity index (χ3n) is 1.35. The fourth-order valence-electron chi connectivity index (χ4n) is 0.784. The summed E-state index contributed by atoms with van der Waals surface area (Å²) in [4.78, 5) is 0. The van der Waals surface area contributed by atoms with Crippen molar-refractivity contribution < 1.29 is 4.74 Å². The molecule has 0 fully saturated rings. The van der Waals surface area contributed by atoms with E-state index in [1.165, 1.54) is 0 Å². The van der Waals surface area contributed by atoms with E-state index in [1.807, 2.05) is 24.3 Å². The fourth-order valence-corrected chi connectivity index (χ4v) is 0.784. The van der Waals surface area contributed by atoms with Crippen LogP contribution in [0.15, 0.2) is 24.3 Å². The zero-order valence-corrected chi connectivity index (χ0v) is 6.71. The number of hydrogen-bond donors (Lipinski definition) is 1. The van der Waals surface area contributed by atoms with E-state index in [0.717, 1.165) is 24.5 Å². The first-order valence-corrected chi connectivity index (χ1v) is 3.81. The van der Waals surface area contributed by atoms with Crippen LogP contribution in [0.1, 0.15) is 13.3 Å². The van der Waals surface area contributed by atoms with Gasteiger partial charge >= 0.3 is 0 Å².